The van der Waals surface area contributed by atoms with Gasteiger partial charge in [0.1, 0.15) is 11.5 Å². The first-order chi connectivity index (χ1) is 11.9. The number of piperidine rings is 1. The minimum atomic E-state index is 0.466. The monoisotopic (exact) mass is 319 g/mol. The highest BCUT2D eigenvalue weighted by molar-refractivity contribution is 5.59. The molecule has 4 heteroatoms. The van der Waals surface area contributed by atoms with E-state index in [1.165, 1.54) is 12.8 Å². The Labute approximate surface area is 142 Å². The van der Waals surface area contributed by atoms with Crippen molar-refractivity contribution in [1.82, 2.24) is 15.1 Å². The summed E-state index contributed by atoms with van der Waals surface area (Å²) in [6, 6.07) is 20.5. The van der Waals surface area contributed by atoms with Gasteiger partial charge in [-0.25, -0.2) is 0 Å². The zero-order chi connectivity index (χ0) is 16.2. The third-order valence-electron chi connectivity index (χ3n) is 4.38. The van der Waals surface area contributed by atoms with Crippen LogP contribution in [0.2, 0.25) is 0 Å². The standard InChI is InChI=1S/C20H21N3O/c1-2-6-18(7-3-1)24-19-10-8-16(9-11-19)20-12-14-23(22-20)17-5-4-13-21-15-17/h1-3,6-12,14,17,21H,4-5,13,15H2/t17-/m1/s1. The third kappa shape index (κ3) is 3.34. The van der Waals surface area contributed by atoms with E-state index in [9.17, 15) is 0 Å². The molecule has 4 rings (SSSR count). The molecule has 1 atom stereocenters. The SMILES string of the molecule is c1ccc(Oc2ccc(-c3ccn([C@@H]4CCCNC4)n3)cc2)cc1. The van der Waals surface area contributed by atoms with Crippen LogP contribution in [0.25, 0.3) is 11.3 Å². The van der Waals surface area contributed by atoms with E-state index < -0.39 is 0 Å². The van der Waals surface area contributed by atoms with Crippen molar-refractivity contribution in [2.45, 2.75) is 18.9 Å². The maximum absolute atomic E-state index is 5.84. The molecule has 1 saturated heterocycles. The number of hydrogen-bond donors (Lipinski definition) is 1. The van der Waals surface area contributed by atoms with Crippen molar-refractivity contribution in [3.8, 4) is 22.8 Å². The van der Waals surface area contributed by atoms with Gasteiger partial charge in [0.15, 0.2) is 0 Å². The Morgan fingerprint density at radius 2 is 1.75 bits per heavy atom. The maximum Gasteiger partial charge on any atom is 0.127 e. The first kappa shape index (κ1) is 15.0. The van der Waals surface area contributed by atoms with E-state index in [2.05, 4.69) is 34.4 Å². The molecule has 0 bridgehead atoms. The lowest BCUT2D eigenvalue weighted by atomic mass is 10.1. The van der Waals surface area contributed by atoms with Crippen LogP contribution in [0.5, 0.6) is 11.5 Å². The highest BCUT2D eigenvalue weighted by Gasteiger charge is 2.15. The van der Waals surface area contributed by atoms with Gasteiger partial charge in [0, 0.05) is 18.3 Å². The van der Waals surface area contributed by atoms with Gasteiger partial charge in [-0.2, -0.15) is 5.10 Å². The molecule has 2 aromatic carbocycles. The molecular weight excluding hydrogens is 298 g/mol. The summed E-state index contributed by atoms with van der Waals surface area (Å²) in [6.45, 7) is 2.12. The largest absolute Gasteiger partial charge is 0.457 e. The fourth-order valence-electron chi connectivity index (χ4n) is 3.07. The number of nitrogens with one attached hydrogen (secondary N) is 1. The normalized spacial score (nSPS) is 17.6. The zero-order valence-corrected chi connectivity index (χ0v) is 13.6. The quantitative estimate of drug-likeness (QED) is 0.780. The Hall–Kier alpha value is -2.59. The van der Waals surface area contributed by atoms with Crippen LogP contribution in [0.4, 0.5) is 0 Å². The maximum atomic E-state index is 5.84. The van der Waals surface area contributed by atoms with E-state index in [1.54, 1.807) is 0 Å². The van der Waals surface area contributed by atoms with Gasteiger partial charge in [-0.3, -0.25) is 4.68 Å². The molecule has 0 radical (unpaired) electrons. The van der Waals surface area contributed by atoms with Crippen molar-refractivity contribution < 1.29 is 4.74 Å². The molecule has 3 aromatic rings. The molecule has 2 heterocycles. The first-order valence-electron chi connectivity index (χ1n) is 8.48. The predicted molar refractivity (Wildman–Crippen MR) is 95.3 cm³/mol. The van der Waals surface area contributed by atoms with Gasteiger partial charge >= 0.3 is 0 Å². The van der Waals surface area contributed by atoms with Crippen LogP contribution < -0.4 is 10.1 Å². The van der Waals surface area contributed by atoms with Crippen molar-refractivity contribution in [1.29, 1.82) is 0 Å². The first-order valence-corrected chi connectivity index (χ1v) is 8.48. The highest BCUT2D eigenvalue weighted by atomic mass is 16.5. The summed E-state index contributed by atoms with van der Waals surface area (Å²) in [6.07, 6.45) is 4.49. The lowest BCUT2D eigenvalue weighted by Gasteiger charge is -2.22. The summed E-state index contributed by atoms with van der Waals surface area (Å²) < 4.78 is 7.93. The van der Waals surface area contributed by atoms with Gasteiger partial charge in [-0.1, -0.05) is 18.2 Å². The molecule has 0 spiro atoms. The number of para-hydroxylation sites is 1. The average Bonchev–Trinajstić information content (AvgIpc) is 3.14. The van der Waals surface area contributed by atoms with E-state index in [4.69, 9.17) is 9.84 Å². The van der Waals surface area contributed by atoms with Gasteiger partial charge in [0.25, 0.3) is 0 Å². The number of ether oxygens (including phenoxy) is 1. The zero-order valence-electron chi connectivity index (χ0n) is 13.6. The van der Waals surface area contributed by atoms with E-state index in [0.29, 0.717) is 6.04 Å². The Kier molecular flexibility index (Phi) is 4.30. The molecule has 0 amide bonds. The van der Waals surface area contributed by atoms with Crippen LogP contribution >= 0.6 is 0 Å². The Morgan fingerprint density at radius 1 is 0.958 bits per heavy atom. The molecule has 1 fully saturated rings. The summed E-state index contributed by atoms with van der Waals surface area (Å²) in [4.78, 5) is 0. The topological polar surface area (TPSA) is 39.1 Å². The fourth-order valence-corrected chi connectivity index (χ4v) is 3.07. The third-order valence-corrected chi connectivity index (χ3v) is 4.38. The summed E-state index contributed by atoms with van der Waals surface area (Å²) >= 11 is 0. The number of benzene rings is 2. The lowest BCUT2D eigenvalue weighted by Crippen LogP contribution is -2.31. The second-order valence-electron chi connectivity index (χ2n) is 6.12. The Morgan fingerprint density at radius 3 is 2.50 bits per heavy atom. The molecule has 1 aliphatic heterocycles. The summed E-state index contributed by atoms with van der Waals surface area (Å²) in [7, 11) is 0. The highest BCUT2D eigenvalue weighted by Crippen LogP contribution is 2.26. The molecule has 122 valence electrons. The summed E-state index contributed by atoms with van der Waals surface area (Å²) in [5, 5.41) is 8.19. The molecule has 4 nitrogen and oxygen atoms in total. The number of nitrogens with zero attached hydrogens (tertiary/aromatic N) is 2. The van der Waals surface area contributed by atoms with Crippen LogP contribution in [-0.2, 0) is 0 Å². The van der Waals surface area contributed by atoms with Crippen LogP contribution in [0, 0.1) is 0 Å². The number of rotatable bonds is 4. The van der Waals surface area contributed by atoms with Gasteiger partial charge < -0.3 is 10.1 Å². The molecule has 1 aromatic heterocycles. The van der Waals surface area contributed by atoms with Crippen molar-refractivity contribution in [2.24, 2.45) is 0 Å². The van der Waals surface area contributed by atoms with Crippen LogP contribution in [0.3, 0.4) is 0 Å². The van der Waals surface area contributed by atoms with Crippen LogP contribution in [0.1, 0.15) is 18.9 Å². The van der Waals surface area contributed by atoms with E-state index in [1.807, 2.05) is 42.5 Å². The van der Waals surface area contributed by atoms with E-state index in [0.717, 1.165) is 35.8 Å². The molecule has 24 heavy (non-hydrogen) atoms. The molecule has 0 aliphatic carbocycles. The van der Waals surface area contributed by atoms with Crippen molar-refractivity contribution in [3.63, 3.8) is 0 Å². The minimum Gasteiger partial charge on any atom is -0.457 e. The summed E-state index contributed by atoms with van der Waals surface area (Å²) in [5.41, 5.74) is 2.12. The second kappa shape index (κ2) is 6.89. The van der Waals surface area contributed by atoms with Crippen molar-refractivity contribution in [3.05, 3.63) is 66.9 Å². The fraction of sp³-hybridized carbons (Fsp3) is 0.250. The second-order valence-corrected chi connectivity index (χ2v) is 6.12. The molecule has 0 saturated carbocycles. The summed E-state index contributed by atoms with van der Waals surface area (Å²) in [5.74, 6) is 1.68. The van der Waals surface area contributed by atoms with Gasteiger partial charge in [-0.05, 0) is 61.9 Å². The Bertz CT molecular complexity index is 774. The molecule has 1 N–H and O–H groups in total. The van der Waals surface area contributed by atoms with E-state index >= 15 is 0 Å². The molecule has 0 unspecified atom stereocenters. The molecule has 1 aliphatic rings. The minimum absolute atomic E-state index is 0.466. The lowest BCUT2D eigenvalue weighted by molar-refractivity contribution is 0.347. The van der Waals surface area contributed by atoms with Gasteiger partial charge in [0.2, 0.25) is 0 Å². The van der Waals surface area contributed by atoms with Crippen molar-refractivity contribution >= 4 is 0 Å². The van der Waals surface area contributed by atoms with Gasteiger partial charge in [0.05, 0.1) is 11.7 Å². The number of hydrogen-bond acceptors (Lipinski definition) is 3. The van der Waals surface area contributed by atoms with Gasteiger partial charge in [-0.15, -0.1) is 0 Å². The predicted octanol–water partition coefficient (Wildman–Crippen LogP) is 4.27. The smallest absolute Gasteiger partial charge is 0.127 e. The molecular formula is C20H21N3O. The van der Waals surface area contributed by atoms with Crippen LogP contribution in [0.15, 0.2) is 66.9 Å². The van der Waals surface area contributed by atoms with E-state index in [-0.39, 0.29) is 0 Å². The van der Waals surface area contributed by atoms with Crippen LogP contribution in [-0.4, -0.2) is 22.9 Å². The Balaban J connectivity index is 1.47. The van der Waals surface area contributed by atoms with Crippen molar-refractivity contribution in [2.75, 3.05) is 13.1 Å². The average molecular weight is 319 g/mol. The number of aromatic nitrogens is 2.